The first-order valence-corrected chi connectivity index (χ1v) is 14.8. The lowest BCUT2D eigenvalue weighted by Gasteiger charge is -2.25. The number of aromatic nitrogens is 2. The number of aromatic hydroxyl groups is 1. The number of halogens is 1. The van der Waals surface area contributed by atoms with Crippen LogP contribution in [-0.4, -0.2) is 29.0 Å². The van der Waals surface area contributed by atoms with E-state index in [-0.39, 0.29) is 21.8 Å². The highest BCUT2D eigenvalue weighted by Gasteiger charge is 2.32. The number of sulfone groups is 1. The van der Waals surface area contributed by atoms with Crippen LogP contribution in [0.25, 0.3) is 11.1 Å². The summed E-state index contributed by atoms with van der Waals surface area (Å²) in [6, 6.07) is 17.0. The molecule has 0 aliphatic heterocycles. The van der Waals surface area contributed by atoms with Gasteiger partial charge < -0.3 is 10.8 Å². The lowest BCUT2D eigenvalue weighted by molar-refractivity contribution is 0.1000. The van der Waals surface area contributed by atoms with Crippen molar-refractivity contribution in [3.8, 4) is 23.1 Å². The van der Waals surface area contributed by atoms with E-state index in [1.165, 1.54) is 41.0 Å². The molecule has 0 saturated carbocycles. The maximum Gasteiger partial charge on any atom is 0.296 e. The minimum Gasteiger partial charge on any atom is -0.493 e. The van der Waals surface area contributed by atoms with Gasteiger partial charge in [-0.05, 0) is 60.4 Å². The Labute approximate surface area is 242 Å². The zero-order valence-corrected chi connectivity index (χ0v) is 23.9. The van der Waals surface area contributed by atoms with Crippen LogP contribution in [0, 0.1) is 17.1 Å². The third kappa shape index (κ3) is 5.80. The standard InChI is InChI=1S/C31H29FN4O5S/c1-3-5-9-27-35-30(38)28(31(39)36(27)26(4-2)21-8-6-7-19(16-21)18-33)42(40,41)23-13-10-20(11-14-23)24-15-12-22(29(34)37)17-25(24)32/h6-8,10-17,26,39H,3-5,9H2,1-2H3,(H2,34,37). The lowest BCUT2D eigenvalue weighted by atomic mass is 10.0. The number of nitrogens with zero attached hydrogens (tertiary/aromatic N) is 3. The monoisotopic (exact) mass is 588 g/mol. The van der Waals surface area contributed by atoms with Crippen molar-refractivity contribution in [1.29, 1.82) is 5.26 Å². The average Bonchev–Trinajstić information content (AvgIpc) is 2.97. The van der Waals surface area contributed by atoms with Gasteiger partial charge in [0.15, 0.2) is 4.90 Å². The quantitative estimate of drug-likeness (QED) is 0.267. The Balaban J connectivity index is 1.84. The predicted octanol–water partition coefficient (Wildman–Crippen LogP) is 4.90. The van der Waals surface area contributed by atoms with Crippen LogP contribution in [0.4, 0.5) is 4.39 Å². The molecule has 0 saturated heterocycles. The number of aryl methyl sites for hydroxylation is 1. The molecule has 1 heterocycles. The second-order valence-electron chi connectivity index (χ2n) is 9.71. The Bertz CT molecular complexity index is 1860. The molecule has 0 aliphatic carbocycles. The third-order valence-electron chi connectivity index (χ3n) is 6.98. The molecule has 0 fully saturated rings. The SMILES string of the molecule is CCCCc1nc(=O)c(S(=O)(=O)c2ccc(-c3ccc(C(N)=O)cc3F)cc2)c(O)n1C(CC)c1cccc(C#N)c1. The zero-order valence-electron chi connectivity index (χ0n) is 23.0. The zero-order chi connectivity index (χ0) is 30.6. The molecule has 0 radical (unpaired) electrons. The molecule has 1 aromatic heterocycles. The van der Waals surface area contributed by atoms with E-state index in [2.05, 4.69) is 11.1 Å². The van der Waals surface area contributed by atoms with Crippen molar-refractivity contribution < 1.29 is 22.7 Å². The molecule has 216 valence electrons. The van der Waals surface area contributed by atoms with E-state index in [9.17, 15) is 32.8 Å². The second kappa shape index (κ2) is 12.4. The fraction of sp³-hybridized carbons (Fsp3) is 0.226. The maximum atomic E-state index is 14.6. The first-order valence-electron chi connectivity index (χ1n) is 13.3. The Morgan fingerprint density at radius 1 is 1.12 bits per heavy atom. The van der Waals surface area contributed by atoms with Gasteiger partial charge in [-0.2, -0.15) is 10.2 Å². The predicted molar refractivity (Wildman–Crippen MR) is 154 cm³/mol. The van der Waals surface area contributed by atoms with E-state index in [4.69, 9.17) is 5.73 Å². The van der Waals surface area contributed by atoms with Gasteiger partial charge in [0, 0.05) is 17.5 Å². The molecular formula is C31H29FN4O5S. The molecule has 42 heavy (non-hydrogen) atoms. The summed E-state index contributed by atoms with van der Waals surface area (Å²) in [7, 11) is -4.58. The van der Waals surface area contributed by atoms with Crippen LogP contribution >= 0.6 is 0 Å². The highest BCUT2D eigenvalue weighted by atomic mass is 32.2. The van der Waals surface area contributed by atoms with E-state index in [0.717, 1.165) is 12.5 Å². The van der Waals surface area contributed by atoms with Crippen LogP contribution in [0.2, 0.25) is 0 Å². The van der Waals surface area contributed by atoms with E-state index < -0.39 is 43.9 Å². The average molecular weight is 589 g/mol. The number of nitrogens with two attached hydrogens (primary N) is 1. The third-order valence-corrected chi connectivity index (χ3v) is 8.77. The summed E-state index contributed by atoms with van der Waals surface area (Å²) in [6.45, 7) is 3.79. The number of hydrogen-bond acceptors (Lipinski definition) is 7. The van der Waals surface area contributed by atoms with Crippen molar-refractivity contribution in [2.75, 3.05) is 0 Å². The van der Waals surface area contributed by atoms with Crippen molar-refractivity contribution >= 4 is 15.7 Å². The largest absolute Gasteiger partial charge is 0.493 e. The van der Waals surface area contributed by atoms with Gasteiger partial charge in [-0.15, -0.1) is 0 Å². The molecule has 3 aromatic carbocycles. The number of amides is 1. The number of primary amides is 1. The Hall–Kier alpha value is -4.82. The summed E-state index contributed by atoms with van der Waals surface area (Å²) in [4.78, 5) is 27.4. The van der Waals surface area contributed by atoms with Gasteiger partial charge in [0.05, 0.1) is 22.6 Å². The molecule has 1 atom stereocenters. The number of nitriles is 1. The summed E-state index contributed by atoms with van der Waals surface area (Å²) in [6.07, 6.45) is 2.14. The fourth-order valence-electron chi connectivity index (χ4n) is 4.84. The van der Waals surface area contributed by atoms with Gasteiger partial charge in [0.25, 0.3) is 5.56 Å². The molecule has 1 amide bonds. The van der Waals surface area contributed by atoms with Crippen molar-refractivity contribution in [3.05, 3.63) is 105 Å². The Morgan fingerprint density at radius 3 is 2.43 bits per heavy atom. The molecule has 0 aliphatic rings. The van der Waals surface area contributed by atoms with Crippen LogP contribution in [0.3, 0.4) is 0 Å². The maximum absolute atomic E-state index is 14.6. The molecule has 9 nitrogen and oxygen atoms in total. The van der Waals surface area contributed by atoms with Gasteiger partial charge in [0.2, 0.25) is 21.6 Å². The summed E-state index contributed by atoms with van der Waals surface area (Å²) in [5.74, 6) is -2.02. The van der Waals surface area contributed by atoms with Crippen LogP contribution in [0.1, 0.15) is 66.5 Å². The summed E-state index contributed by atoms with van der Waals surface area (Å²) in [5.41, 5.74) is 5.57. The number of benzene rings is 3. The van der Waals surface area contributed by atoms with Gasteiger partial charge in [-0.1, -0.05) is 50.6 Å². The van der Waals surface area contributed by atoms with Crippen LogP contribution in [0.5, 0.6) is 5.88 Å². The highest BCUT2D eigenvalue weighted by Crippen LogP contribution is 2.34. The van der Waals surface area contributed by atoms with E-state index in [0.29, 0.717) is 36.0 Å². The van der Waals surface area contributed by atoms with E-state index >= 15 is 0 Å². The number of unbranched alkanes of at least 4 members (excludes halogenated alkanes) is 1. The summed E-state index contributed by atoms with van der Waals surface area (Å²) >= 11 is 0. The van der Waals surface area contributed by atoms with Crippen LogP contribution in [0.15, 0.2) is 81.3 Å². The van der Waals surface area contributed by atoms with Crippen molar-refractivity contribution in [3.63, 3.8) is 0 Å². The van der Waals surface area contributed by atoms with Crippen molar-refractivity contribution in [2.45, 2.75) is 55.4 Å². The van der Waals surface area contributed by atoms with Crippen molar-refractivity contribution in [1.82, 2.24) is 9.55 Å². The minimum absolute atomic E-state index is 0.0122. The van der Waals surface area contributed by atoms with Gasteiger partial charge >= 0.3 is 0 Å². The molecule has 0 spiro atoms. The molecular weight excluding hydrogens is 559 g/mol. The number of hydrogen-bond donors (Lipinski definition) is 2. The first kappa shape index (κ1) is 30.1. The number of rotatable bonds is 10. The van der Waals surface area contributed by atoms with Crippen LogP contribution < -0.4 is 11.3 Å². The molecule has 3 N–H and O–H groups in total. The highest BCUT2D eigenvalue weighted by molar-refractivity contribution is 7.91. The minimum atomic E-state index is -4.58. The number of carbonyl (C=O) groups excluding carboxylic acids is 1. The van der Waals surface area contributed by atoms with E-state index in [1.54, 1.807) is 24.3 Å². The van der Waals surface area contributed by atoms with E-state index in [1.807, 2.05) is 13.8 Å². The molecule has 1 unspecified atom stereocenters. The van der Waals surface area contributed by atoms with Crippen molar-refractivity contribution in [2.24, 2.45) is 5.73 Å². The normalized spacial score (nSPS) is 12.0. The fourth-order valence-corrected chi connectivity index (χ4v) is 6.18. The van der Waals surface area contributed by atoms with Crippen LogP contribution in [-0.2, 0) is 16.3 Å². The topological polar surface area (TPSA) is 156 Å². The summed E-state index contributed by atoms with van der Waals surface area (Å²) < 4.78 is 43.5. The Morgan fingerprint density at radius 2 is 1.83 bits per heavy atom. The molecule has 4 rings (SSSR count). The molecule has 4 aromatic rings. The Kier molecular flexibility index (Phi) is 8.87. The smallest absolute Gasteiger partial charge is 0.296 e. The van der Waals surface area contributed by atoms with Gasteiger partial charge in [-0.25, -0.2) is 12.8 Å². The lowest BCUT2D eigenvalue weighted by Crippen LogP contribution is -2.27. The molecule has 0 bridgehead atoms. The van der Waals surface area contributed by atoms with Gasteiger partial charge in [-0.3, -0.25) is 14.2 Å². The summed E-state index contributed by atoms with van der Waals surface area (Å²) in [5, 5.41) is 20.9. The molecule has 11 heteroatoms. The first-order chi connectivity index (χ1) is 20.0. The second-order valence-corrected chi connectivity index (χ2v) is 11.6. The number of carbonyl (C=O) groups is 1. The van der Waals surface area contributed by atoms with Gasteiger partial charge in [0.1, 0.15) is 11.6 Å².